The molecule has 2 aromatic carbocycles. The van der Waals surface area contributed by atoms with Gasteiger partial charge in [0.1, 0.15) is 4.88 Å². The predicted molar refractivity (Wildman–Crippen MR) is 132 cm³/mol. The second kappa shape index (κ2) is 10.5. The zero-order valence-corrected chi connectivity index (χ0v) is 19.1. The van der Waals surface area contributed by atoms with Crippen molar-refractivity contribution in [3.8, 4) is 11.3 Å². The van der Waals surface area contributed by atoms with E-state index in [0.717, 1.165) is 35.8 Å². The third kappa shape index (κ3) is 5.23. The lowest BCUT2D eigenvalue weighted by Crippen LogP contribution is -2.27. The van der Waals surface area contributed by atoms with Crippen LogP contribution in [-0.2, 0) is 0 Å². The van der Waals surface area contributed by atoms with Crippen molar-refractivity contribution in [1.82, 2.24) is 4.98 Å². The van der Waals surface area contributed by atoms with Gasteiger partial charge in [-0.05, 0) is 18.4 Å². The maximum absolute atomic E-state index is 13.4. The molecule has 1 aliphatic rings. The lowest BCUT2D eigenvalue weighted by atomic mass is 10.0. The van der Waals surface area contributed by atoms with E-state index in [4.69, 9.17) is 4.98 Å². The van der Waals surface area contributed by atoms with Gasteiger partial charge < -0.3 is 10.0 Å². The topological polar surface area (TPSA) is 53.4 Å². The normalized spacial score (nSPS) is 15.4. The van der Waals surface area contributed by atoms with Crippen LogP contribution < -0.4 is 4.90 Å². The van der Waals surface area contributed by atoms with Crippen molar-refractivity contribution in [3.05, 3.63) is 94.9 Å². The smallest absolute Gasteiger partial charge is 0.205 e. The van der Waals surface area contributed by atoms with Gasteiger partial charge in [0.25, 0.3) is 0 Å². The highest BCUT2D eigenvalue weighted by Crippen LogP contribution is 2.35. The van der Waals surface area contributed by atoms with Gasteiger partial charge >= 0.3 is 0 Å². The summed E-state index contributed by atoms with van der Waals surface area (Å²) in [6.45, 7) is 3.75. The first-order chi connectivity index (χ1) is 15.7. The number of unbranched alkanes of at least 4 members (excludes halogenated alkanes) is 1. The number of thiazole rings is 1. The number of hydrogen-bond donors (Lipinski definition) is 1. The summed E-state index contributed by atoms with van der Waals surface area (Å²) in [5.41, 5.74) is 3.53. The Balaban J connectivity index is 1.72. The fourth-order valence-corrected chi connectivity index (χ4v) is 4.77. The average molecular weight is 445 g/mol. The van der Waals surface area contributed by atoms with Crippen LogP contribution in [0.25, 0.3) is 11.3 Å². The van der Waals surface area contributed by atoms with E-state index in [1.54, 1.807) is 0 Å². The van der Waals surface area contributed by atoms with E-state index in [1.807, 2.05) is 72.8 Å². The quantitative estimate of drug-likeness (QED) is 0.418. The number of hydrogen-bond acceptors (Lipinski definition) is 5. The van der Waals surface area contributed by atoms with Crippen molar-refractivity contribution in [2.24, 2.45) is 0 Å². The first kappa shape index (κ1) is 22.2. The van der Waals surface area contributed by atoms with Gasteiger partial charge in [-0.2, -0.15) is 0 Å². The second-order valence-electron chi connectivity index (χ2n) is 7.95. The Morgan fingerprint density at radius 1 is 1.12 bits per heavy atom. The largest absolute Gasteiger partial charge is 0.389 e. The minimum atomic E-state index is -0.400. The number of carbonyl (C=O) groups is 1. The Morgan fingerprint density at radius 3 is 2.50 bits per heavy atom. The highest BCUT2D eigenvalue weighted by Gasteiger charge is 2.23. The Hall–Kier alpha value is -3.02. The molecule has 1 heterocycles. The molecular formula is C27H28N2O2S. The first-order valence-corrected chi connectivity index (χ1v) is 11.9. The minimum absolute atomic E-state index is 0.00328. The molecule has 0 spiro atoms. The lowest BCUT2D eigenvalue weighted by Gasteiger charge is -2.23. The fraction of sp³-hybridized carbons (Fsp3) is 0.259. The number of ketones is 1. The molecule has 4 nitrogen and oxygen atoms in total. The lowest BCUT2D eigenvalue weighted by molar-refractivity contribution is 0.104. The fourth-order valence-electron chi connectivity index (χ4n) is 3.69. The Kier molecular flexibility index (Phi) is 7.30. The molecule has 32 heavy (non-hydrogen) atoms. The van der Waals surface area contributed by atoms with E-state index < -0.39 is 6.10 Å². The SMILES string of the molecule is CCCCN(CC1=CCC(O)C=C1)c1nc(-c2ccccc2)c(C(=O)c2ccccc2)s1. The summed E-state index contributed by atoms with van der Waals surface area (Å²) >= 11 is 1.47. The number of benzene rings is 2. The zero-order valence-electron chi connectivity index (χ0n) is 18.3. The molecule has 1 unspecified atom stereocenters. The molecule has 1 N–H and O–H groups in total. The molecule has 1 atom stereocenters. The Labute approximate surface area is 193 Å². The third-order valence-electron chi connectivity index (χ3n) is 5.48. The zero-order chi connectivity index (χ0) is 22.3. The summed E-state index contributed by atoms with van der Waals surface area (Å²) in [6.07, 6.45) is 8.29. The van der Waals surface area contributed by atoms with Crippen LogP contribution in [0, 0.1) is 0 Å². The maximum atomic E-state index is 13.4. The van der Waals surface area contributed by atoms with Crippen LogP contribution in [0.2, 0.25) is 0 Å². The Bertz CT molecular complexity index is 1100. The number of rotatable bonds is 9. The molecular weight excluding hydrogens is 416 g/mol. The van der Waals surface area contributed by atoms with Gasteiger partial charge in [-0.15, -0.1) is 0 Å². The Morgan fingerprint density at radius 2 is 1.84 bits per heavy atom. The van der Waals surface area contributed by atoms with Crippen LogP contribution in [0.15, 0.2) is 84.5 Å². The highest BCUT2D eigenvalue weighted by atomic mass is 32.1. The molecule has 0 fully saturated rings. The predicted octanol–water partition coefficient (Wildman–Crippen LogP) is 5.89. The molecule has 1 aromatic heterocycles. The van der Waals surface area contributed by atoms with Crippen molar-refractivity contribution in [2.75, 3.05) is 18.0 Å². The van der Waals surface area contributed by atoms with Gasteiger partial charge in [0.2, 0.25) is 5.78 Å². The van der Waals surface area contributed by atoms with Crippen LogP contribution in [0.1, 0.15) is 41.4 Å². The van der Waals surface area contributed by atoms with Crippen LogP contribution in [0.3, 0.4) is 0 Å². The number of carbonyl (C=O) groups excluding carboxylic acids is 1. The molecule has 0 saturated heterocycles. The summed E-state index contributed by atoms with van der Waals surface area (Å²) in [5.74, 6) is 0.00328. The molecule has 4 rings (SSSR count). The third-order valence-corrected chi connectivity index (χ3v) is 6.60. The summed E-state index contributed by atoms with van der Waals surface area (Å²) < 4.78 is 0. The van der Waals surface area contributed by atoms with E-state index in [9.17, 15) is 9.90 Å². The molecule has 0 saturated carbocycles. The van der Waals surface area contributed by atoms with Crippen molar-refractivity contribution >= 4 is 22.3 Å². The highest BCUT2D eigenvalue weighted by molar-refractivity contribution is 7.18. The van der Waals surface area contributed by atoms with Crippen LogP contribution >= 0.6 is 11.3 Å². The molecule has 3 aromatic rings. The van der Waals surface area contributed by atoms with Gasteiger partial charge in [0.05, 0.1) is 11.8 Å². The molecule has 1 aliphatic carbocycles. The standard InChI is InChI=1S/C27H28N2O2S/c1-2-3-18-29(19-20-14-16-23(30)17-15-20)27-28-24(21-10-6-4-7-11-21)26(32-27)25(31)22-12-8-5-9-13-22/h4-16,23,30H,2-3,17-19H2,1H3. The van der Waals surface area contributed by atoms with Crippen LogP contribution in [0.4, 0.5) is 5.13 Å². The van der Waals surface area contributed by atoms with E-state index >= 15 is 0 Å². The van der Waals surface area contributed by atoms with Gasteiger partial charge in [0.15, 0.2) is 5.13 Å². The van der Waals surface area contributed by atoms with E-state index in [0.29, 0.717) is 23.4 Å². The van der Waals surface area contributed by atoms with Gasteiger partial charge in [-0.1, -0.05) is 104 Å². The average Bonchev–Trinajstić information content (AvgIpc) is 3.29. The molecule has 0 amide bonds. The minimum Gasteiger partial charge on any atom is -0.389 e. The summed E-state index contributed by atoms with van der Waals surface area (Å²) in [4.78, 5) is 21.3. The number of aliphatic hydroxyl groups excluding tert-OH is 1. The van der Waals surface area contributed by atoms with E-state index in [2.05, 4.69) is 17.9 Å². The van der Waals surface area contributed by atoms with E-state index in [1.165, 1.54) is 16.9 Å². The molecule has 0 aliphatic heterocycles. The monoisotopic (exact) mass is 444 g/mol. The van der Waals surface area contributed by atoms with Crippen molar-refractivity contribution in [3.63, 3.8) is 0 Å². The van der Waals surface area contributed by atoms with E-state index in [-0.39, 0.29) is 5.78 Å². The number of anilines is 1. The number of nitrogens with zero attached hydrogens (tertiary/aromatic N) is 2. The molecule has 5 heteroatoms. The van der Waals surface area contributed by atoms with Gasteiger partial charge in [0, 0.05) is 24.2 Å². The molecule has 0 radical (unpaired) electrons. The first-order valence-electron chi connectivity index (χ1n) is 11.1. The molecule has 0 bridgehead atoms. The maximum Gasteiger partial charge on any atom is 0.205 e. The van der Waals surface area contributed by atoms with Crippen LogP contribution in [-0.4, -0.2) is 35.1 Å². The summed E-state index contributed by atoms with van der Waals surface area (Å²) in [7, 11) is 0. The summed E-state index contributed by atoms with van der Waals surface area (Å²) in [5, 5.41) is 10.6. The number of aromatic nitrogens is 1. The second-order valence-corrected chi connectivity index (χ2v) is 8.93. The van der Waals surface area contributed by atoms with Gasteiger partial charge in [-0.25, -0.2) is 4.98 Å². The van der Waals surface area contributed by atoms with Crippen molar-refractivity contribution in [2.45, 2.75) is 32.3 Å². The van der Waals surface area contributed by atoms with Crippen LogP contribution in [0.5, 0.6) is 0 Å². The number of aliphatic hydroxyl groups is 1. The van der Waals surface area contributed by atoms with Gasteiger partial charge in [-0.3, -0.25) is 4.79 Å². The van der Waals surface area contributed by atoms with Crippen molar-refractivity contribution < 1.29 is 9.90 Å². The molecule has 164 valence electrons. The summed E-state index contributed by atoms with van der Waals surface area (Å²) in [6, 6.07) is 19.3. The van der Waals surface area contributed by atoms with Crippen molar-refractivity contribution in [1.29, 1.82) is 0 Å².